The van der Waals surface area contributed by atoms with Crippen molar-refractivity contribution in [1.82, 2.24) is 5.32 Å². The molecule has 0 spiro atoms. The van der Waals surface area contributed by atoms with Crippen molar-refractivity contribution in [2.45, 2.75) is 6.04 Å². The zero-order valence-electron chi connectivity index (χ0n) is 10.2. The van der Waals surface area contributed by atoms with Gasteiger partial charge in [-0.3, -0.25) is 4.79 Å². The Hall–Kier alpha value is -1.76. The van der Waals surface area contributed by atoms with Crippen LogP contribution < -0.4 is 16.8 Å². The first-order chi connectivity index (χ1) is 8.56. The number of nitrogen functional groups attached to an aromatic ring is 2. The number of rotatable bonds is 5. The van der Waals surface area contributed by atoms with Gasteiger partial charge in [-0.05, 0) is 29.8 Å². The summed E-state index contributed by atoms with van der Waals surface area (Å²) in [5.74, 6) is -0.426. The number of carbonyl (C=O) groups excluding carboxylic acids is 1. The third-order valence-electron chi connectivity index (χ3n) is 2.31. The lowest BCUT2D eigenvalue weighted by molar-refractivity contribution is -0.117. The first-order valence-electron chi connectivity index (χ1n) is 5.42. The predicted octanol–water partition coefficient (Wildman–Crippen LogP) is -0.245. The molecule has 0 aliphatic carbocycles. The summed E-state index contributed by atoms with van der Waals surface area (Å²) in [6.07, 6.45) is 2.79. The molecule has 0 atom stereocenters. The van der Waals surface area contributed by atoms with Crippen molar-refractivity contribution in [1.29, 1.82) is 0 Å². The molecule has 19 heavy (non-hydrogen) atoms. The highest BCUT2D eigenvalue weighted by Gasteiger charge is 2.07. The molecule has 0 fully saturated rings. The summed E-state index contributed by atoms with van der Waals surface area (Å²) in [6, 6.07) is 4.30. The van der Waals surface area contributed by atoms with E-state index in [1.807, 2.05) is 0 Å². The quantitative estimate of drug-likeness (QED) is 0.378. The van der Waals surface area contributed by atoms with Gasteiger partial charge in [-0.1, -0.05) is 0 Å². The normalized spacial score (nSPS) is 10.5. The molecule has 0 saturated heterocycles. The zero-order valence-corrected chi connectivity index (χ0v) is 11.1. The second-order valence-electron chi connectivity index (χ2n) is 3.79. The molecule has 0 bridgehead atoms. The number of nitrogens with two attached hydrogens (primary N) is 2. The Morgan fingerprint density at radius 2 is 1.95 bits per heavy atom. The molecular formula is C12H18ClN3O3. The van der Waals surface area contributed by atoms with Crippen LogP contribution in [0.1, 0.15) is 5.56 Å². The van der Waals surface area contributed by atoms with Crippen LogP contribution in [-0.2, 0) is 4.79 Å². The van der Waals surface area contributed by atoms with Crippen molar-refractivity contribution in [2.75, 3.05) is 24.7 Å². The Morgan fingerprint density at radius 1 is 1.32 bits per heavy atom. The molecule has 1 amide bonds. The first kappa shape index (κ1) is 17.2. The van der Waals surface area contributed by atoms with Crippen molar-refractivity contribution < 1.29 is 15.0 Å². The van der Waals surface area contributed by atoms with Gasteiger partial charge in [0.25, 0.3) is 0 Å². The summed E-state index contributed by atoms with van der Waals surface area (Å²) in [5, 5.41) is 20.0. The van der Waals surface area contributed by atoms with Crippen LogP contribution in [0, 0.1) is 0 Å². The summed E-state index contributed by atoms with van der Waals surface area (Å²) in [7, 11) is 0. The maximum atomic E-state index is 11.4. The van der Waals surface area contributed by atoms with Crippen molar-refractivity contribution in [2.24, 2.45) is 0 Å². The van der Waals surface area contributed by atoms with Gasteiger partial charge in [0.1, 0.15) is 0 Å². The number of anilines is 2. The van der Waals surface area contributed by atoms with E-state index in [9.17, 15) is 4.79 Å². The summed E-state index contributed by atoms with van der Waals surface area (Å²) >= 11 is 0. The topological polar surface area (TPSA) is 122 Å². The minimum Gasteiger partial charge on any atom is -0.399 e. The molecule has 7 heteroatoms. The Morgan fingerprint density at radius 3 is 2.53 bits per heavy atom. The number of benzene rings is 1. The smallest absolute Gasteiger partial charge is 0.244 e. The van der Waals surface area contributed by atoms with Crippen LogP contribution in [0.3, 0.4) is 0 Å². The van der Waals surface area contributed by atoms with E-state index >= 15 is 0 Å². The van der Waals surface area contributed by atoms with Crippen molar-refractivity contribution in [3.8, 4) is 0 Å². The molecule has 1 aromatic rings. The molecular weight excluding hydrogens is 270 g/mol. The largest absolute Gasteiger partial charge is 0.399 e. The van der Waals surface area contributed by atoms with Crippen molar-refractivity contribution in [3.05, 3.63) is 29.8 Å². The highest BCUT2D eigenvalue weighted by atomic mass is 35.5. The van der Waals surface area contributed by atoms with E-state index in [0.29, 0.717) is 16.9 Å². The van der Waals surface area contributed by atoms with Gasteiger partial charge < -0.3 is 27.0 Å². The Labute approximate surface area is 117 Å². The molecule has 0 saturated carbocycles. The van der Waals surface area contributed by atoms with Crippen LogP contribution >= 0.6 is 12.4 Å². The van der Waals surface area contributed by atoms with Gasteiger partial charge >= 0.3 is 0 Å². The van der Waals surface area contributed by atoms with Crippen LogP contribution in [0.2, 0.25) is 0 Å². The molecule has 1 rings (SSSR count). The van der Waals surface area contributed by atoms with E-state index in [-0.39, 0.29) is 25.6 Å². The fourth-order valence-electron chi connectivity index (χ4n) is 1.30. The fourth-order valence-corrected chi connectivity index (χ4v) is 1.30. The third kappa shape index (κ3) is 5.60. The molecule has 0 aromatic heterocycles. The number of nitrogens with one attached hydrogen (secondary N) is 1. The average molecular weight is 288 g/mol. The van der Waals surface area contributed by atoms with Crippen LogP contribution in [0.15, 0.2) is 24.3 Å². The summed E-state index contributed by atoms with van der Waals surface area (Å²) in [5.41, 5.74) is 13.0. The number of aliphatic hydroxyl groups excluding tert-OH is 2. The lowest BCUT2D eigenvalue weighted by atomic mass is 10.1. The molecule has 7 N–H and O–H groups in total. The molecule has 6 nitrogen and oxygen atoms in total. The number of carbonyl (C=O) groups is 1. The molecule has 0 aliphatic rings. The van der Waals surface area contributed by atoms with E-state index in [0.717, 1.165) is 0 Å². The zero-order chi connectivity index (χ0) is 13.5. The predicted molar refractivity (Wildman–Crippen MR) is 77.7 cm³/mol. The number of aliphatic hydroxyl groups is 2. The highest BCUT2D eigenvalue weighted by molar-refractivity contribution is 5.93. The number of hydrogen-bond donors (Lipinski definition) is 5. The van der Waals surface area contributed by atoms with E-state index in [1.54, 1.807) is 18.2 Å². The van der Waals surface area contributed by atoms with Gasteiger partial charge in [0.2, 0.25) is 5.91 Å². The van der Waals surface area contributed by atoms with Gasteiger partial charge in [-0.25, -0.2) is 0 Å². The van der Waals surface area contributed by atoms with Gasteiger partial charge in [0.05, 0.1) is 19.3 Å². The van der Waals surface area contributed by atoms with Crippen LogP contribution in [-0.4, -0.2) is 35.4 Å². The van der Waals surface area contributed by atoms with E-state index in [2.05, 4.69) is 5.32 Å². The van der Waals surface area contributed by atoms with Crippen molar-refractivity contribution >= 4 is 35.8 Å². The van der Waals surface area contributed by atoms with Crippen molar-refractivity contribution in [3.63, 3.8) is 0 Å². The lowest BCUT2D eigenvalue weighted by Crippen LogP contribution is -2.39. The van der Waals surface area contributed by atoms with E-state index < -0.39 is 11.9 Å². The molecule has 0 aliphatic heterocycles. The highest BCUT2D eigenvalue weighted by Crippen LogP contribution is 2.16. The number of hydrogen-bond acceptors (Lipinski definition) is 5. The van der Waals surface area contributed by atoms with Gasteiger partial charge in [0, 0.05) is 17.5 Å². The molecule has 0 unspecified atom stereocenters. The summed E-state index contributed by atoms with van der Waals surface area (Å²) < 4.78 is 0. The van der Waals surface area contributed by atoms with E-state index in [1.165, 1.54) is 12.2 Å². The second kappa shape index (κ2) is 8.36. The maximum absolute atomic E-state index is 11.4. The molecule has 1 aromatic carbocycles. The van der Waals surface area contributed by atoms with Crippen LogP contribution in [0.5, 0.6) is 0 Å². The number of amides is 1. The Kier molecular flexibility index (Phi) is 7.59. The van der Waals surface area contributed by atoms with Crippen LogP contribution in [0.4, 0.5) is 11.4 Å². The van der Waals surface area contributed by atoms with E-state index in [4.69, 9.17) is 21.7 Å². The average Bonchev–Trinajstić information content (AvgIpc) is 2.37. The minimum atomic E-state index is -0.666. The van der Waals surface area contributed by atoms with Gasteiger partial charge in [0.15, 0.2) is 0 Å². The molecule has 0 heterocycles. The standard InChI is InChI=1S/C12H17N3O3.ClH/c13-9-2-3-11(14)8(5-9)1-4-12(18)15-10(6-16)7-17;/h1-5,10,16-17H,6-7,13-14H2,(H,15,18);1H/b4-1+;. The lowest BCUT2D eigenvalue weighted by Gasteiger charge is -2.11. The number of halogens is 1. The Balaban J connectivity index is 0.00000324. The Bertz CT molecular complexity index is 448. The summed E-state index contributed by atoms with van der Waals surface area (Å²) in [6.45, 7) is -0.646. The third-order valence-corrected chi connectivity index (χ3v) is 2.31. The molecule has 0 radical (unpaired) electrons. The monoisotopic (exact) mass is 287 g/mol. The maximum Gasteiger partial charge on any atom is 0.244 e. The fraction of sp³-hybridized carbons (Fsp3) is 0.250. The van der Waals surface area contributed by atoms with Gasteiger partial charge in [-0.2, -0.15) is 0 Å². The first-order valence-corrected chi connectivity index (χ1v) is 5.42. The second-order valence-corrected chi connectivity index (χ2v) is 3.79. The SMILES string of the molecule is Cl.Nc1ccc(N)c(/C=C/C(=O)NC(CO)CO)c1. The van der Waals surface area contributed by atoms with Gasteiger partial charge in [-0.15, -0.1) is 12.4 Å². The summed E-state index contributed by atoms with van der Waals surface area (Å²) in [4.78, 5) is 11.4. The molecule has 106 valence electrons. The van der Waals surface area contributed by atoms with Crippen LogP contribution in [0.25, 0.3) is 6.08 Å². The minimum absolute atomic E-state index is 0.